The van der Waals surface area contributed by atoms with Crippen molar-refractivity contribution >= 4 is 34.9 Å². The van der Waals surface area contributed by atoms with Crippen LogP contribution in [0.1, 0.15) is 21.4 Å². The van der Waals surface area contributed by atoms with E-state index in [0.29, 0.717) is 9.94 Å². The molecule has 0 aliphatic carbocycles. The Labute approximate surface area is 144 Å². The number of thiophene rings is 1. The van der Waals surface area contributed by atoms with Crippen LogP contribution in [0.4, 0.5) is 8.78 Å². The highest BCUT2D eigenvalue weighted by Crippen LogP contribution is 2.37. The average Bonchev–Trinajstić information content (AvgIpc) is 3.12. The van der Waals surface area contributed by atoms with Crippen LogP contribution in [0.5, 0.6) is 0 Å². The molecule has 1 aromatic carbocycles. The smallest absolute Gasteiger partial charge is 0.268 e. The fourth-order valence-electron chi connectivity index (χ4n) is 2.46. The summed E-state index contributed by atoms with van der Waals surface area (Å²) in [6.45, 7) is -0.458. The van der Waals surface area contributed by atoms with Crippen LogP contribution in [0.25, 0.3) is 0 Å². The summed E-state index contributed by atoms with van der Waals surface area (Å²) in [5.41, 5.74) is -0.743. The monoisotopic (exact) mass is 370 g/mol. The Bertz CT molecular complexity index is 792. The first-order chi connectivity index (χ1) is 11.4. The van der Waals surface area contributed by atoms with Crippen LogP contribution in [0.15, 0.2) is 34.5 Å². The lowest BCUT2D eigenvalue weighted by Gasteiger charge is -2.25. The molecule has 3 rings (SSSR count). The minimum atomic E-state index is -1.10. The molecule has 9 heteroatoms. The van der Waals surface area contributed by atoms with Gasteiger partial charge in [-0.2, -0.15) is 5.06 Å². The highest BCUT2D eigenvalue weighted by molar-refractivity contribution is 8.00. The Morgan fingerprint density at radius 3 is 2.54 bits per heavy atom. The van der Waals surface area contributed by atoms with Crippen molar-refractivity contribution in [1.82, 2.24) is 9.96 Å². The number of carbonyl (C=O) groups excluding carboxylic acids is 2. The first-order valence-corrected chi connectivity index (χ1v) is 8.87. The van der Waals surface area contributed by atoms with Gasteiger partial charge in [-0.05, 0) is 30.5 Å². The van der Waals surface area contributed by atoms with Gasteiger partial charge >= 0.3 is 0 Å². The lowest BCUT2D eigenvalue weighted by Crippen LogP contribution is -2.34. The molecule has 1 unspecified atom stereocenters. The summed E-state index contributed by atoms with van der Waals surface area (Å²) < 4.78 is 28.7. The van der Waals surface area contributed by atoms with Crippen molar-refractivity contribution < 1.29 is 23.6 Å². The van der Waals surface area contributed by atoms with Crippen molar-refractivity contribution in [3.8, 4) is 0 Å². The Morgan fingerprint density at radius 1 is 1.29 bits per heavy atom. The molecular weight excluding hydrogens is 358 g/mol. The van der Waals surface area contributed by atoms with Gasteiger partial charge in [-0.25, -0.2) is 8.78 Å². The van der Waals surface area contributed by atoms with Crippen molar-refractivity contribution in [3.63, 3.8) is 0 Å². The summed E-state index contributed by atoms with van der Waals surface area (Å²) in [5, 5.41) is 10.4. The first kappa shape index (κ1) is 16.9. The Morgan fingerprint density at radius 2 is 1.96 bits per heavy atom. The lowest BCUT2D eigenvalue weighted by molar-refractivity contribution is -0.168. The van der Waals surface area contributed by atoms with Crippen LogP contribution in [0.2, 0.25) is 0 Å². The van der Waals surface area contributed by atoms with Gasteiger partial charge in [0.05, 0.1) is 9.09 Å². The van der Waals surface area contributed by atoms with E-state index >= 15 is 0 Å². The molecule has 0 saturated carbocycles. The van der Waals surface area contributed by atoms with E-state index in [4.69, 9.17) is 0 Å². The van der Waals surface area contributed by atoms with Crippen molar-refractivity contribution in [3.05, 3.63) is 52.4 Å². The molecule has 2 aromatic rings. The highest BCUT2D eigenvalue weighted by atomic mass is 32.2. The van der Waals surface area contributed by atoms with Gasteiger partial charge in [-0.3, -0.25) is 14.8 Å². The number of carbonyl (C=O) groups is 2. The average molecular weight is 370 g/mol. The van der Waals surface area contributed by atoms with Gasteiger partial charge in [0.15, 0.2) is 6.17 Å². The molecule has 1 aliphatic rings. The van der Waals surface area contributed by atoms with E-state index in [1.54, 1.807) is 12.1 Å². The third-order valence-electron chi connectivity index (χ3n) is 3.58. The van der Waals surface area contributed by atoms with E-state index < -0.39 is 41.7 Å². The number of rotatable bonds is 3. The van der Waals surface area contributed by atoms with Gasteiger partial charge in [0.1, 0.15) is 23.7 Å². The number of hydrogen-bond donors (Lipinski definition) is 1. The Balaban J connectivity index is 2.01. The summed E-state index contributed by atoms with van der Waals surface area (Å²) in [5.74, 6) is -3.74. The molecule has 2 amide bonds. The number of hydrogen-bond acceptors (Lipinski definition) is 5. The van der Waals surface area contributed by atoms with Gasteiger partial charge in [-0.15, -0.1) is 23.1 Å². The topological polar surface area (TPSA) is 60.9 Å². The molecular formula is C15H12F2N2O3S2. The number of benzene rings is 1. The van der Waals surface area contributed by atoms with Gasteiger partial charge in [0, 0.05) is 0 Å². The second-order valence-corrected chi connectivity index (χ2v) is 7.22. The zero-order valence-corrected chi connectivity index (χ0v) is 14.0. The van der Waals surface area contributed by atoms with Gasteiger partial charge < -0.3 is 4.90 Å². The second kappa shape index (κ2) is 6.50. The van der Waals surface area contributed by atoms with Crippen LogP contribution in [-0.4, -0.2) is 39.8 Å². The van der Waals surface area contributed by atoms with E-state index in [1.165, 1.54) is 23.1 Å². The number of thioether (sulfide) groups is 1. The van der Waals surface area contributed by atoms with E-state index in [9.17, 15) is 23.6 Å². The first-order valence-electron chi connectivity index (χ1n) is 6.83. The van der Waals surface area contributed by atoms with E-state index in [0.717, 1.165) is 27.3 Å². The van der Waals surface area contributed by atoms with E-state index in [2.05, 4.69) is 0 Å². The Hall–Kier alpha value is -1.97. The van der Waals surface area contributed by atoms with Crippen molar-refractivity contribution in [2.75, 3.05) is 12.8 Å². The highest BCUT2D eigenvalue weighted by Gasteiger charge is 2.43. The van der Waals surface area contributed by atoms with Gasteiger partial charge in [0.2, 0.25) is 0 Å². The number of nitrogens with zero attached hydrogens (tertiary/aromatic N) is 2. The largest absolute Gasteiger partial charge is 0.302 e. The normalized spacial score (nSPS) is 17.7. The third-order valence-corrected chi connectivity index (χ3v) is 5.79. The zero-order chi connectivity index (χ0) is 17.4. The number of amides is 2. The molecule has 126 valence electrons. The second-order valence-electron chi connectivity index (χ2n) is 5.00. The fourth-order valence-corrected chi connectivity index (χ4v) is 4.12. The summed E-state index contributed by atoms with van der Waals surface area (Å²) in [7, 11) is 0. The summed E-state index contributed by atoms with van der Waals surface area (Å²) >= 11 is 2.76. The van der Waals surface area contributed by atoms with E-state index in [-0.39, 0.29) is 0 Å². The van der Waals surface area contributed by atoms with Crippen molar-refractivity contribution in [1.29, 1.82) is 0 Å². The maximum Gasteiger partial charge on any atom is 0.268 e. The zero-order valence-electron chi connectivity index (χ0n) is 12.4. The molecule has 1 N–H and O–H groups in total. The molecule has 2 heterocycles. The molecule has 0 radical (unpaired) electrons. The number of hydroxylamine groups is 2. The molecule has 1 aliphatic heterocycles. The van der Waals surface area contributed by atoms with Gasteiger partial charge in [-0.1, -0.05) is 6.07 Å². The lowest BCUT2D eigenvalue weighted by atomic mass is 10.1. The predicted molar refractivity (Wildman–Crippen MR) is 84.9 cm³/mol. The molecule has 0 spiro atoms. The maximum absolute atomic E-state index is 13.9. The quantitative estimate of drug-likeness (QED) is 0.666. The van der Waals surface area contributed by atoms with Crippen molar-refractivity contribution in [2.45, 2.75) is 10.4 Å². The van der Waals surface area contributed by atoms with Gasteiger partial charge in [0.25, 0.3) is 11.8 Å². The van der Waals surface area contributed by atoms with Crippen LogP contribution >= 0.6 is 23.1 Å². The third kappa shape index (κ3) is 2.79. The standard InChI is InChI=1S/C15H12F2N2O3S2/c1-23-12-6-5-10(24-12)14-18(7-11(20)19(14)22)15(21)13-8(16)3-2-4-9(13)17/h2-6,14,22H,7H2,1H3. The molecule has 1 atom stereocenters. The van der Waals surface area contributed by atoms with Crippen LogP contribution in [0, 0.1) is 11.6 Å². The molecule has 5 nitrogen and oxygen atoms in total. The van der Waals surface area contributed by atoms with E-state index in [1.807, 2.05) is 6.26 Å². The van der Waals surface area contributed by atoms with Crippen molar-refractivity contribution in [2.24, 2.45) is 0 Å². The minimum absolute atomic E-state index is 0.423. The minimum Gasteiger partial charge on any atom is -0.302 e. The summed E-state index contributed by atoms with van der Waals surface area (Å²) in [6.07, 6.45) is 0.763. The Kier molecular flexibility index (Phi) is 4.57. The van der Waals surface area contributed by atoms with Crippen LogP contribution < -0.4 is 0 Å². The maximum atomic E-state index is 13.9. The van der Waals surface area contributed by atoms with Crippen LogP contribution in [-0.2, 0) is 4.79 Å². The predicted octanol–water partition coefficient (Wildman–Crippen LogP) is 3.12. The SMILES string of the molecule is CSc1ccc(C2N(O)C(=O)CN2C(=O)c2c(F)cccc2F)s1. The molecule has 24 heavy (non-hydrogen) atoms. The summed E-state index contributed by atoms with van der Waals surface area (Å²) in [4.78, 5) is 25.9. The number of halogens is 2. The summed E-state index contributed by atoms with van der Waals surface area (Å²) in [6, 6.07) is 6.54. The fraction of sp³-hybridized carbons (Fsp3) is 0.200. The molecule has 0 bridgehead atoms. The molecule has 1 fully saturated rings. The molecule has 1 aromatic heterocycles. The van der Waals surface area contributed by atoms with Crippen LogP contribution in [0.3, 0.4) is 0 Å². The molecule has 1 saturated heterocycles.